The predicted molar refractivity (Wildman–Crippen MR) is 170 cm³/mol. The minimum Gasteiger partial charge on any atom is -0.789 e. The molecule has 5 rings (SSSR count). The Kier molecular flexibility index (Phi) is 9.10. The number of carbonyl (C=O) groups is 1. The third kappa shape index (κ3) is 4.59. The van der Waals surface area contributed by atoms with Crippen LogP contribution in [-0.4, -0.2) is 68.0 Å². The van der Waals surface area contributed by atoms with E-state index in [0.717, 1.165) is 56.9 Å². The molecule has 5 saturated carbocycles. The van der Waals surface area contributed by atoms with Gasteiger partial charge in [-0.05, 0) is 111 Å². The quantitative estimate of drug-likeness (QED) is 0.0824. The molecule has 11 atom stereocenters. The van der Waals surface area contributed by atoms with Gasteiger partial charge in [0.15, 0.2) is 6.29 Å². The fourth-order valence-corrected chi connectivity index (χ4v) is 13.8. The van der Waals surface area contributed by atoms with Crippen molar-refractivity contribution in [3.8, 4) is 0 Å². The van der Waals surface area contributed by atoms with Gasteiger partial charge in [-0.25, -0.2) is 0 Å². The maximum absolute atomic E-state index is 14.3. The van der Waals surface area contributed by atoms with Crippen LogP contribution >= 0.6 is 0 Å². The summed E-state index contributed by atoms with van der Waals surface area (Å²) in [4.78, 5) is 14.3. The first-order chi connectivity index (χ1) is 20.7. The van der Waals surface area contributed by atoms with Crippen LogP contribution in [0.15, 0.2) is 12.2 Å². The Morgan fingerprint density at radius 1 is 0.933 bits per heavy atom. The third-order valence-corrected chi connectivity index (χ3v) is 18.5. The molecule has 0 aromatic carbocycles. The molecule has 9 heteroatoms. The second-order valence-corrected chi connectivity index (χ2v) is 19.3. The molecule has 0 aliphatic heterocycles. The van der Waals surface area contributed by atoms with Gasteiger partial charge in [-0.1, -0.05) is 53.2 Å². The number of esters is 1. The number of alkyl halides is 1. The van der Waals surface area contributed by atoms with E-state index >= 15 is 0 Å². The zero-order chi connectivity index (χ0) is 33.6. The van der Waals surface area contributed by atoms with E-state index in [-0.39, 0.29) is 55.6 Å². The van der Waals surface area contributed by atoms with E-state index in [2.05, 4.69) is 70.7 Å². The van der Waals surface area contributed by atoms with E-state index in [1.165, 1.54) is 0 Å². The van der Waals surface area contributed by atoms with Gasteiger partial charge in [0, 0.05) is 5.54 Å². The molecule has 1 radical (unpaired) electrons. The number of halogens is 1. The monoisotopic (exact) mass is 744 g/mol. The highest BCUT2D eigenvalue weighted by Gasteiger charge is 2.77. The molecule has 0 aromatic rings. The number of nitrogens with two attached hydrogens (primary N) is 2. The Balaban J connectivity index is 1.53. The van der Waals surface area contributed by atoms with Crippen molar-refractivity contribution < 1.29 is 52.2 Å². The van der Waals surface area contributed by atoms with E-state index < -0.39 is 36.0 Å². The summed E-state index contributed by atoms with van der Waals surface area (Å²) in [6.45, 7) is 19.3. The lowest BCUT2D eigenvalue weighted by Gasteiger charge is -2.80. The van der Waals surface area contributed by atoms with Gasteiger partial charge in [0.05, 0.1) is 30.3 Å². The molecule has 0 amide bonds. The maximum atomic E-state index is 14.3. The predicted octanol–water partition coefficient (Wildman–Crippen LogP) is 1.35. The Labute approximate surface area is 285 Å². The molecule has 5 aliphatic carbocycles. The number of hydrogen-bond donors (Lipinski definition) is 5. The molecule has 5 fully saturated rings. The first kappa shape index (κ1) is 36.0. The second-order valence-electron chi connectivity index (χ2n) is 17.4. The largest absolute Gasteiger partial charge is 0.789 e. The SMILES string of the molecule is C=C(C)C1CC[C@]2(C(=O)OCC(N)(CO)CO)CCC3(C)[C@H](CCC4[C@@]3(C)CCC3([I-])C(C)(C)[C@@H](OC(C)O)CC[C@]43C)C12N. The molecule has 0 spiro atoms. The molecule has 259 valence electrons. The molecule has 0 aromatic heterocycles. The fourth-order valence-electron chi connectivity index (χ4n) is 12.5. The number of rotatable bonds is 8. The summed E-state index contributed by atoms with van der Waals surface area (Å²) < 4.78 is 12.1. The maximum Gasteiger partial charge on any atom is 0.314 e. The average Bonchev–Trinajstić information content (AvgIpc) is 3.29. The van der Waals surface area contributed by atoms with Crippen LogP contribution in [0.1, 0.15) is 113 Å². The van der Waals surface area contributed by atoms with E-state index in [4.69, 9.17) is 20.9 Å². The van der Waals surface area contributed by atoms with Crippen LogP contribution < -0.4 is 34.1 Å². The van der Waals surface area contributed by atoms with Gasteiger partial charge in [-0.3, -0.25) is 4.79 Å². The Bertz CT molecular complexity index is 1190. The van der Waals surface area contributed by atoms with Crippen molar-refractivity contribution in [1.82, 2.24) is 0 Å². The van der Waals surface area contributed by atoms with E-state index in [1.54, 1.807) is 6.92 Å². The van der Waals surface area contributed by atoms with Gasteiger partial charge in [-0.2, -0.15) is 0 Å². The van der Waals surface area contributed by atoms with Gasteiger partial charge in [0.1, 0.15) is 6.61 Å². The summed E-state index contributed by atoms with van der Waals surface area (Å²) in [6, 6.07) is 0. The number of hydrogen-bond acceptors (Lipinski definition) is 8. The molecule has 0 heterocycles. The molecule has 7 N–H and O–H groups in total. The van der Waals surface area contributed by atoms with Gasteiger partial charge < -0.3 is 58.9 Å². The first-order valence-electron chi connectivity index (χ1n) is 17.3. The first-order valence-corrected chi connectivity index (χ1v) is 18.4. The van der Waals surface area contributed by atoms with Gasteiger partial charge in [0.2, 0.25) is 0 Å². The zero-order valence-corrected chi connectivity index (χ0v) is 31.0. The molecule has 5 aliphatic rings. The van der Waals surface area contributed by atoms with Crippen molar-refractivity contribution in [3.63, 3.8) is 0 Å². The van der Waals surface area contributed by atoms with Crippen LogP contribution in [-0.2, 0) is 14.3 Å². The smallest absolute Gasteiger partial charge is 0.314 e. The fraction of sp³-hybridized carbons (Fsp3) is 0.917. The lowest BCUT2D eigenvalue weighted by Crippen LogP contribution is -3.46. The highest BCUT2D eigenvalue weighted by atomic mass is 127. The van der Waals surface area contributed by atoms with Crippen LogP contribution in [0.2, 0.25) is 0 Å². The van der Waals surface area contributed by atoms with E-state index in [0.29, 0.717) is 18.8 Å². The van der Waals surface area contributed by atoms with Gasteiger partial charge in [0.25, 0.3) is 0 Å². The number of fused-ring (bicyclic) bond motifs is 7. The molecule has 0 bridgehead atoms. The average molecular weight is 745 g/mol. The van der Waals surface area contributed by atoms with Crippen LogP contribution in [0.4, 0.5) is 0 Å². The lowest BCUT2D eigenvalue weighted by atomic mass is 9.31. The number of aliphatic hydroxyl groups excluding tert-OH is 3. The van der Waals surface area contributed by atoms with E-state index in [1.807, 2.05) is 0 Å². The summed E-state index contributed by atoms with van der Waals surface area (Å²) >= 11 is 2.80. The summed E-state index contributed by atoms with van der Waals surface area (Å²) in [7, 11) is 0. The topological polar surface area (TPSA) is 148 Å². The normalized spacial score (nSPS) is 47.9. The molecule has 45 heavy (non-hydrogen) atoms. The summed E-state index contributed by atoms with van der Waals surface area (Å²) in [5.74, 6) is 0.273. The van der Waals surface area contributed by atoms with Crippen molar-refractivity contribution in [2.24, 2.45) is 56.3 Å². The van der Waals surface area contributed by atoms with Crippen molar-refractivity contribution in [1.29, 1.82) is 0 Å². The third-order valence-electron chi connectivity index (χ3n) is 15.4. The van der Waals surface area contributed by atoms with Crippen LogP contribution in [0.25, 0.3) is 0 Å². The standard InChI is InChI=1S/C36H61IN2O6/c1-22(2)24-11-14-34(28(43)44-21-33(38,19-40)20-41)17-15-31(7)26(36(24,34)39)10-9-25-30(31,6)16-18-35(37)29(4,5)27(45-23(3)42)12-13-32(25,35)8/h23-27,40-42H,1,9-21,38-39H2,2-8H3/q-1/t23?,24?,25?,26-,27-,30+,31?,32+,34+,35?,36?/m0/s1. The number of aliphatic hydroxyl groups is 3. The Morgan fingerprint density at radius 3 is 2.09 bits per heavy atom. The van der Waals surface area contributed by atoms with E-state index in [9.17, 15) is 20.1 Å². The lowest BCUT2D eigenvalue weighted by molar-refractivity contribution is -0.566. The molecule has 8 nitrogen and oxygen atoms in total. The Morgan fingerprint density at radius 2 is 1.51 bits per heavy atom. The van der Waals surface area contributed by atoms with Crippen molar-refractivity contribution in [2.75, 3.05) is 19.8 Å². The second kappa shape index (κ2) is 11.4. The summed E-state index contributed by atoms with van der Waals surface area (Å²) in [6.07, 6.45) is 8.39. The van der Waals surface area contributed by atoms with Crippen LogP contribution in [0.5, 0.6) is 0 Å². The van der Waals surface area contributed by atoms with Crippen LogP contribution in [0.3, 0.4) is 0 Å². The molecular formula is C36H61IN2O6-. The summed E-state index contributed by atoms with van der Waals surface area (Å²) in [5, 5.41) is 29.7. The Hall–Kier alpha value is -0.300. The van der Waals surface area contributed by atoms with Crippen molar-refractivity contribution >= 4 is 5.97 Å². The van der Waals surface area contributed by atoms with Crippen LogP contribution in [0, 0.1) is 44.8 Å². The van der Waals surface area contributed by atoms with Gasteiger partial charge in [-0.15, -0.1) is 3.42 Å². The highest BCUT2D eigenvalue weighted by Crippen LogP contribution is 2.78. The summed E-state index contributed by atoms with van der Waals surface area (Å²) in [5.41, 5.74) is 11.8. The van der Waals surface area contributed by atoms with Crippen molar-refractivity contribution in [3.05, 3.63) is 12.2 Å². The molecule has 0 saturated heterocycles. The van der Waals surface area contributed by atoms with Crippen molar-refractivity contribution in [2.45, 2.75) is 140 Å². The number of ether oxygens (including phenoxy) is 2. The highest BCUT2D eigenvalue weighted by molar-refractivity contribution is 5.80. The molecular weight excluding hydrogens is 683 g/mol. The minimum absolute atomic E-state index is 0.00276. The minimum atomic E-state index is -1.39. The molecule has 6 unspecified atom stereocenters. The van der Waals surface area contributed by atoms with Gasteiger partial charge >= 0.3 is 5.97 Å². The number of carbonyl (C=O) groups excluding carboxylic acids is 1. The zero-order valence-electron chi connectivity index (χ0n) is 28.9.